The van der Waals surface area contributed by atoms with Gasteiger partial charge >= 0.3 is 6.18 Å². The Bertz CT molecular complexity index is 1380. The summed E-state index contributed by atoms with van der Waals surface area (Å²) in [6, 6.07) is 12.1. The summed E-state index contributed by atoms with van der Waals surface area (Å²) in [7, 11) is 0. The predicted octanol–water partition coefficient (Wildman–Crippen LogP) is 3.89. The topological polar surface area (TPSA) is 112 Å². The number of fused-ring (bicyclic) bond motifs is 1. The van der Waals surface area contributed by atoms with Crippen LogP contribution >= 0.6 is 0 Å². The number of imidazole rings is 1. The fourth-order valence-corrected chi connectivity index (χ4v) is 4.04. The third-order valence-corrected chi connectivity index (χ3v) is 5.84. The maximum Gasteiger partial charge on any atom is 0.418 e. The summed E-state index contributed by atoms with van der Waals surface area (Å²) in [6.45, 7) is 3.58. The van der Waals surface area contributed by atoms with E-state index in [4.69, 9.17) is 5.73 Å². The quantitative estimate of drug-likeness (QED) is 0.329. The number of aromatic nitrogens is 3. The molecule has 0 saturated carbocycles. The van der Waals surface area contributed by atoms with Crippen molar-refractivity contribution in [3.8, 4) is 11.4 Å². The normalized spacial score (nSPS) is 14.3. The highest BCUT2D eigenvalue weighted by molar-refractivity contribution is 6.11. The molecule has 11 heteroatoms. The Labute approximate surface area is 198 Å². The van der Waals surface area contributed by atoms with Crippen molar-refractivity contribution in [3.63, 3.8) is 0 Å². The van der Waals surface area contributed by atoms with E-state index in [0.717, 1.165) is 49.7 Å². The van der Waals surface area contributed by atoms with Gasteiger partial charge < -0.3 is 26.3 Å². The van der Waals surface area contributed by atoms with Gasteiger partial charge in [-0.05, 0) is 42.5 Å². The molecule has 0 radical (unpaired) electrons. The molecule has 0 spiro atoms. The van der Waals surface area contributed by atoms with Crippen molar-refractivity contribution in [2.75, 3.05) is 42.1 Å². The average Bonchev–Trinajstić information content (AvgIpc) is 3.30. The lowest BCUT2D eigenvalue weighted by Crippen LogP contribution is -2.43. The Morgan fingerprint density at radius 1 is 1.09 bits per heavy atom. The zero-order chi connectivity index (χ0) is 24.6. The molecule has 180 valence electrons. The van der Waals surface area contributed by atoms with Gasteiger partial charge in [-0.15, -0.1) is 0 Å². The van der Waals surface area contributed by atoms with Gasteiger partial charge in [-0.25, -0.2) is 9.97 Å². The highest BCUT2D eigenvalue weighted by atomic mass is 19.4. The maximum absolute atomic E-state index is 13.2. The third-order valence-electron chi connectivity index (χ3n) is 5.84. The van der Waals surface area contributed by atoms with Crippen molar-refractivity contribution in [1.29, 1.82) is 0 Å². The number of para-hydroxylation sites is 1. The van der Waals surface area contributed by atoms with Gasteiger partial charge in [0.25, 0.3) is 5.91 Å². The molecule has 0 atom stereocenters. The van der Waals surface area contributed by atoms with E-state index >= 15 is 0 Å². The monoisotopic (exact) mass is 481 g/mol. The summed E-state index contributed by atoms with van der Waals surface area (Å²) in [5.74, 6) is 0.832. The van der Waals surface area contributed by atoms with Gasteiger partial charge in [0.05, 0.1) is 16.6 Å². The number of rotatable bonds is 4. The van der Waals surface area contributed by atoms with E-state index in [0.29, 0.717) is 16.9 Å². The van der Waals surface area contributed by atoms with Crippen LogP contribution in [0.15, 0.2) is 54.7 Å². The second kappa shape index (κ2) is 8.91. The number of anilines is 3. The van der Waals surface area contributed by atoms with Crippen LogP contribution in [-0.2, 0) is 6.18 Å². The Kier molecular flexibility index (Phi) is 5.77. The number of H-pyrrole nitrogens is 1. The van der Waals surface area contributed by atoms with E-state index in [1.54, 1.807) is 24.4 Å². The van der Waals surface area contributed by atoms with Gasteiger partial charge in [-0.3, -0.25) is 4.79 Å². The van der Waals surface area contributed by atoms with Gasteiger partial charge in [0.1, 0.15) is 17.2 Å². The number of nitrogen functional groups attached to an aromatic ring is 1. The molecule has 1 fully saturated rings. The van der Waals surface area contributed by atoms with Crippen LogP contribution in [0.4, 0.5) is 30.4 Å². The van der Waals surface area contributed by atoms with Crippen LogP contribution in [0.25, 0.3) is 22.4 Å². The van der Waals surface area contributed by atoms with Crippen molar-refractivity contribution < 1.29 is 18.0 Å². The molecule has 3 heterocycles. The van der Waals surface area contributed by atoms with E-state index in [1.807, 2.05) is 12.1 Å². The number of hydrogen-bond donors (Lipinski definition) is 4. The molecule has 0 unspecified atom stereocenters. The zero-order valence-corrected chi connectivity index (χ0v) is 18.5. The average molecular weight is 481 g/mol. The minimum Gasteiger partial charge on any atom is -0.398 e. The minimum atomic E-state index is -4.63. The lowest BCUT2D eigenvalue weighted by Gasteiger charge is -2.28. The predicted molar refractivity (Wildman–Crippen MR) is 128 cm³/mol. The minimum absolute atomic E-state index is 0.0167. The molecule has 5 N–H and O–H groups in total. The van der Waals surface area contributed by atoms with E-state index in [-0.39, 0.29) is 11.3 Å². The number of carbonyl (C=O) groups is 1. The lowest BCUT2D eigenvalue weighted by atomic mass is 10.1. The number of nitrogens with one attached hydrogen (secondary N) is 3. The Morgan fingerprint density at radius 2 is 1.89 bits per heavy atom. The number of nitrogens with zero attached hydrogens (tertiary/aromatic N) is 3. The standard InChI is InChI=1S/C24H22F3N7O/c25-24(26,27)17-12-15(5-6-18(17)28)31-23(35)16-2-1-3-19-21(16)33-22(32-19)14-4-7-20(30-13-14)34-10-8-29-9-11-34/h1-7,12-13,29H,8-11,28H2,(H,31,35)(H,32,33). The summed E-state index contributed by atoms with van der Waals surface area (Å²) in [5.41, 5.74) is 6.00. The van der Waals surface area contributed by atoms with Gasteiger partial charge in [0.2, 0.25) is 0 Å². The Balaban J connectivity index is 1.41. The number of aromatic amines is 1. The highest BCUT2D eigenvalue weighted by Gasteiger charge is 2.33. The SMILES string of the molecule is Nc1ccc(NC(=O)c2cccc3[nH]c(-c4ccc(N5CCNCC5)nc4)nc23)cc1C(F)(F)F. The molecule has 4 aromatic rings. The largest absolute Gasteiger partial charge is 0.418 e. The number of amides is 1. The second-order valence-corrected chi connectivity index (χ2v) is 8.18. The molecular weight excluding hydrogens is 459 g/mol. The van der Waals surface area contributed by atoms with Crippen LogP contribution in [0.3, 0.4) is 0 Å². The summed E-state index contributed by atoms with van der Waals surface area (Å²) < 4.78 is 39.5. The number of benzene rings is 2. The van der Waals surface area contributed by atoms with E-state index in [1.165, 1.54) is 6.07 Å². The zero-order valence-electron chi connectivity index (χ0n) is 18.5. The van der Waals surface area contributed by atoms with Crippen LogP contribution in [0.1, 0.15) is 15.9 Å². The number of pyridine rings is 1. The first-order chi connectivity index (χ1) is 16.8. The number of alkyl halides is 3. The van der Waals surface area contributed by atoms with Crippen LogP contribution in [-0.4, -0.2) is 47.0 Å². The molecule has 35 heavy (non-hydrogen) atoms. The third kappa shape index (κ3) is 4.62. The highest BCUT2D eigenvalue weighted by Crippen LogP contribution is 2.35. The molecule has 0 aliphatic carbocycles. The molecule has 5 rings (SSSR count). The number of nitrogens with two attached hydrogens (primary N) is 1. The summed E-state index contributed by atoms with van der Waals surface area (Å²) in [4.78, 5) is 27.5. The molecule has 2 aromatic heterocycles. The first-order valence-electron chi connectivity index (χ1n) is 11.0. The van der Waals surface area contributed by atoms with Crippen molar-refractivity contribution >= 4 is 34.1 Å². The van der Waals surface area contributed by atoms with Crippen LogP contribution < -0.4 is 21.3 Å². The van der Waals surface area contributed by atoms with E-state index in [2.05, 4.69) is 30.5 Å². The Morgan fingerprint density at radius 3 is 2.60 bits per heavy atom. The molecule has 0 bridgehead atoms. The number of carbonyl (C=O) groups excluding carboxylic acids is 1. The fraction of sp³-hybridized carbons (Fsp3) is 0.208. The molecule has 1 aliphatic heterocycles. The second-order valence-electron chi connectivity index (χ2n) is 8.18. The maximum atomic E-state index is 13.2. The van der Waals surface area contributed by atoms with Crippen molar-refractivity contribution in [2.45, 2.75) is 6.18 Å². The molecule has 1 saturated heterocycles. The van der Waals surface area contributed by atoms with Crippen molar-refractivity contribution in [2.24, 2.45) is 0 Å². The summed E-state index contributed by atoms with van der Waals surface area (Å²) >= 11 is 0. The van der Waals surface area contributed by atoms with Gasteiger partial charge in [0.15, 0.2) is 0 Å². The molecule has 1 amide bonds. The van der Waals surface area contributed by atoms with E-state index < -0.39 is 23.3 Å². The van der Waals surface area contributed by atoms with Crippen LogP contribution in [0.2, 0.25) is 0 Å². The van der Waals surface area contributed by atoms with Gasteiger partial charge in [0, 0.05) is 49.3 Å². The molecule has 2 aromatic carbocycles. The van der Waals surface area contributed by atoms with E-state index in [9.17, 15) is 18.0 Å². The lowest BCUT2D eigenvalue weighted by molar-refractivity contribution is -0.136. The first kappa shape index (κ1) is 22.7. The fourth-order valence-electron chi connectivity index (χ4n) is 4.04. The number of piperazine rings is 1. The molecule has 1 aliphatic rings. The molecule has 8 nitrogen and oxygen atoms in total. The first-order valence-corrected chi connectivity index (χ1v) is 11.0. The van der Waals surface area contributed by atoms with Gasteiger partial charge in [-0.1, -0.05) is 6.07 Å². The van der Waals surface area contributed by atoms with Crippen molar-refractivity contribution in [3.05, 3.63) is 65.9 Å². The summed E-state index contributed by atoms with van der Waals surface area (Å²) in [6.07, 6.45) is -2.90. The number of halogens is 3. The smallest absolute Gasteiger partial charge is 0.398 e. The van der Waals surface area contributed by atoms with Crippen LogP contribution in [0, 0.1) is 0 Å². The van der Waals surface area contributed by atoms with Crippen molar-refractivity contribution in [1.82, 2.24) is 20.3 Å². The summed E-state index contributed by atoms with van der Waals surface area (Å²) in [5, 5.41) is 5.82. The Hall–Kier alpha value is -4.12. The molecular formula is C24H22F3N7O. The van der Waals surface area contributed by atoms with Crippen LogP contribution in [0.5, 0.6) is 0 Å². The van der Waals surface area contributed by atoms with Gasteiger partial charge in [-0.2, -0.15) is 13.2 Å². The number of hydrogen-bond acceptors (Lipinski definition) is 6.